The summed E-state index contributed by atoms with van der Waals surface area (Å²) in [5.74, 6) is -0.130. The minimum atomic E-state index is -0.579. The summed E-state index contributed by atoms with van der Waals surface area (Å²) in [6, 6.07) is 0.247. The molecule has 7 nitrogen and oxygen atoms in total. The zero-order valence-corrected chi connectivity index (χ0v) is 12.1. The summed E-state index contributed by atoms with van der Waals surface area (Å²) in [6.45, 7) is 3.93. The average Bonchev–Trinajstić information content (AvgIpc) is 2.36. The number of carbonyl (C=O) groups is 1. The zero-order valence-electron chi connectivity index (χ0n) is 10.5. The number of nitrogens with zero attached hydrogens (tertiary/aromatic N) is 2. The Morgan fingerprint density at radius 1 is 1.53 bits per heavy atom. The van der Waals surface area contributed by atoms with Gasteiger partial charge in [0.1, 0.15) is 6.54 Å². The van der Waals surface area contributed by atoms with Gasteiger partial charge in [0.15, 0.2) is 0 Å². The molecule has 0 aliphatic carbocycles. The first-order chi connectivity index (χ1) is 8.97. The lowest BCUT2D eigenvalue weighted by atomic mass is 10.2. The van der Waals surface area contributed by atoms with E-state index in [1.54, 1.807) is 4.90 Å². The predicted octanol–water partition coefficient (Wildman–Crippen LogP) is -0.881. The quantitative estimate of drug-likeness (QED) is 0.737. The van der Waals surface area contributed by atoms with Gasteiger partial charge < -0.3 is 10.2 Å². The zero-order chi connectivity index (χ0) is 14.0. The van der Waals surface area contributed by atoms with Crippen molar-refractivity contribution < 1.29 is 4.79 Å². The molecule has 1 atom stereocenters. The number of H-pyrrole nitrogens is 1. The van der Waals surface area contributed by atoms with Crippen LogP contribution in [0.4, 0.5) is 0 Å². The van der Waals surface area contributed by atoms with Gasteiger partial charge in [0.2, 0.25) is 5.91 Å². The molecule has 1 fully saturated rings. The molecule has 2 N–H and O–H groups in total. The van der Waals surface area contributed by atoms with Crippen molar-refractivity contribution in [3.05, 3.63) is 31.5 Å². The first kappa shape index (κ1) is 14.0. The van der Waals surface area contributed by atoms with Gasteiger partial charge in [-0.15, -0.1) is 0 Å². The second-order valence-corrected chi connectivity index (χ2v) is 5.41. The van der Waals surface area contributed by atoms with Crippen LogP contribution in [0, 0.1) is 0 Å². The lowest BCUT2D eigenvalue weighted by Crippen LogP contribution is -2.52. The number of aromatic amines is 1. The van der Waals surface area contributed by atoms with E-state index in [-0.39, 0.29) is 23.0 Å². The van der Waals surface area contributed by atoms with Crippen molar-refractivity contribution in [1.82, 2.24) is 19.8 Å². The van der Waals surface area contributed by atoms with Crippen molar-refractivity contribution in [2.24, 2.45) is 0 Å². The van der Waals surface area contributed by atoms with Gasteiger partial charge in [-0.1, -0.05) is 0 Å². The largest absolute Gasteiger partial charge is 0.338 e. The fourth-order valence-electron chi connectivity index (χ4n) is 2.00. The number of aromatic nitrogens is 2. The Kier molecular flexibility index (Phi) is 4.20. The summed E-state index contributed by atoms with van der Waals surface area (Å²) in [5.41, 5.74) is -1.07. The molecule has 2 rings (SSSR count). The average molecular weight is 331 g/mol. The number of amides is 1. The molecule has 19 heavy (non-hydrogen) atoms. The highest BCUT2D eigenvalue weighted by Crippen LogP contribution is 2.02. The number of nitrogens with one attached hydrogen (secondary N) is 2. The van der Waals surface area contributed by atoms with Crippen LogP contribution >= 0.6 is 15.9 Å². The van der Waals surface area contributed by atoms with Crippen LogP contribution in [0.2, 0.25) is 0 Å². The number of hydrogen-bond acceptors (Lipinski definition) is 4. The van der Waals surface area contributed by atoms with Gasteiger partial charge in [0.05, 0.1) is 4.47 Å². The fraction of sp³-hybridized carbons (Fsp3) is 0.545. The Bertz CT molecular complexity index is 594. The molecule has 1 amide bonds. The third-order valence-electron chi connectivity index (χ3n) is 2.99. The van der Waals surface area contributed by atoms with Crippen LogP contribution in [0.1, 0.15) is 6.92 Å². The Labute approximate surface area is 117 Å². The Morgan fingerprint density at radius 3 is 2.95 bits per heavy atom. The molecule has 1 aliphatic rings. The van der Waals surface area contributed by atoms with E-state index in [1.807, 2.05) is 6.92 Å². The highest BCUT2D eigenvalue weighted by molar-refractivity contribution is 9.10. The summed E-state index contributed by atoms with van der Waals surface area (Å²) < 4.78 is 1.43. The van der Waals surface area contributed by atoms with Crippen molar-refractivity contribution >= 4 is 21.8 Å². The van der Waals surface area contributed by atoms with Crippen molar-refractivity contribution in [2.75, 3.05) is 19.6 Å². The maximum absolute atomic E-state index is 12.1. The molecular formula is C11H15BrN4O3. The second kappa shape index (κ2) is 5.70. The number of carbonyl (C=O) groups excluding carboxylic acids is 1. The Morgan fingerprint density at radius 2 is 2.26 bits per heavy atom. The molecule has 2 heterocycles. The predicted molar refractivity (Wildman–Crippen MR) is 73.1 cm³/mol. The van der Waals surface area contributed by atoms with E-state index in [9.17, 15) is 14.4 Å². The molecule has 8 heteroatoms. The highest BCUT2D eigenvalue weighted by atomic mass is 79.9. The normalized spacial score (nSPS) is 19.5. The summed E-state index contributed by atoms with van der Waals surface area (Å²) in [5, 5.41) is 3.24. The molecule has 0 aromatic carbocycles. The summed E-state index contributed by atoms with van der Waals surface area (Å²) in [4.78, 5) is 38.7. The van der Waals surface area contributed by atoms with Crippen molar-refractivity contribution in [3.63, 3.8) is 0 Å². The first-order valence-electron chi connectivity index (χ1n) is 5.98. The molecule has 0 saturated carbocycles. The van der Waals surface area contributed by atoms with E-state index in [0.717, 1.165) is 6.54 Å². The summed E-state index contributed by atoms with van der Waals surface area (Å²) >= 11 is 3.04. The molecule has 104 valence electrons. The summed E-state index contributed by atoms with van der Waals surface area (Å²) in [7, 11) is 0. The van der Waals surface area contributed by atoms with Crippen LogP contribution in [-0.4, -0.2) is 46.0 Å². The van der Waals surface area contributed by atoms with E-state index in [0.29, 0.717) is 13.1 Å². The number of rotatable bonds is 2. The molecule has 1 aliphatic heterocycles. The van der Waals surface area contributed by atoms with E-state index < -0.39 is 11.2 Å². The van der Waals surface area contributed by atoms with Crippen LogP contribution in [-0.2, 0) is 11.3 Å². The van der Waals surface area contributed by atoms with Crippen molar-refractivity contribution in [1.29, 1.82) is 0 Å². The van der Waals surface area contributed by atoms with Crippen molar-refractivity contribution in [3.8, 4) is 0 Å². The third kappa shape index (κ3) is 3.32. The molecule has 0 radical (unpaired) electrons. The lowest BCUT2D eigenvalue weighted by Gasteiger charge is -2.32. The van der Waals surface area contributed by atoms with Gasteiger partial charge in [-0.3, -0.25) is 19.1 Å². The molecule has 0 spiro atoms. The van der Waals surface area contributed by atoms with Crippen molar-refractivity contribution in [2.45, 2.75) is 19.5 Å². The monoisotopic (exact) mass is 330 g/mol. The minimum absolute atomic E-state index is 0.0685. The molecule has 1 aromatic rings. The van der Waals surface area contributed by atoms with Crippen LogP contribution in [0.15, 0.2) is 20.3 Å². The van der Waals surface area contributed by atoms with E-state index in [4.69, 9.17) is 0 Å². The molecule has 1 saturated heterocycles. The van der Waals surface area contributed by atoms with E-state index >= 15 is 0 Å². The van der Waals surface area contributed by atoms with Crippen LogP contribution in [0.5, 0.6) is 0 Å². The SMILES string of the molecule is CC1CN(C(=O)Cn2cc(Br)c(=O)[nH]c2=O)CCN1. The standard InChI is InChI=1S/C11H15BrN4O3/c1-7-4-15(3-2-13-7)9(17)6-16-5-8(12)10(18)14-11(16)19/h5,7,13H,2-4,6H2,1H3,(H,14,18,19). The van der Waals surface area contributed by atoms with E-state index in [2.05, 4.69) is 26.2 Å². The number of halogens is 1. The summed E-state index contributed by atoms with van der Waals surface area (Å²) in [6.07, 6.45) is 1.34. The maximum atomic E-state index is 12.1. The topological polar surface area (TPSA) is 87.2 Å². The minimum Gasteiger partial charge on any atom is -0.338 e. The van der Waals surface area contributed by atoms with Gasteiger partial charge in [-0.05, 0) is 22.9 Å². The number of piperazine rings is 1. The Hall–Kier alpha value is -1.41. The van der Waals surface area contributed by atoms with Crippen LogP contribution in [0.25, 0.3) is 0 Å². The van der Waals surface area contributed by atoms with E-state index in [1.165, 1.54) is 10.8 Å². The first-order valence-corrected chi connectivity index (χ1v) is 6.77. The van der Waals surface area contributed by atoms with Gasteiger partial charge in [0, 0.05) is 31.9 Å². The lowest BCUT2D eigenvalue weighted by molar-refractivity contribution is -0.133. The van der Waals surface area contributed by atoms with Crippen LogP contribution in [0.3, 0.4) is 0 Å². The number of hydrogen-bond donors (Lipinski definition) is 2. The van der Waals surface area contributed by atoms with Gasteiger partial charge >= 0.3 is 5.69 Å². The molecule has 1 unspecified atom stereocenters. The third-order valence-corrected chi connectivity index (χ3v) is 3.56. The Balaban J connectivity index is 2.13. The molecular weight excluding hydrogens is 316 g/mol. The van der Waals surface area contributed by atoms with Crippen LogP contribution < -0.4 is 16.6 Å². The maximum Gasteiger partial charge on any atom is 0.328 e. The highest BCUT2D eigenvalue weighted by Gasteiger charge is 2.20. The smallest absolute Gasteiger partial charge is 0.328 e. The van der Waals surface area contributed by atoms with Gasteiger partial charge in [-0.25, -0.2) is 4.79 Å². The fourth-order valence-corrected chi connectivity index (χ4v) is 2.35. The van der Waals surface area contributed by atoms with Gasteiger partial charge in [0.25, 0.3) is 5.56 Å². The molecule has 0 bridgehead atoms. The molecule has 1 aromatic heterocycles. The van der Waals surface area contributed by atoms with Gasteiger partial charge in [-0.2, -0.15) is 0 Å². The second-order valence-electron chi connectivity index (χ2n) is 4.56.